The minimum absolute atomic E-state index is 0.123. The first-order valence-corrected chi connectivity index (χ1v) is 6.15. The lowest BCUT2D eigenvalue weighted by Crippen LogP contribution is -2.29. The number of amides is 1. The van der Waals surface area contributed by atoms with Crippen molar-refractivity contribution in [2.24, 2.45) is 0 Å². The highest BCUT2D eigenvalue weighted by Gasteiger charge is 2.30. The van der Waals surface area contributed by atoms with E-state index in [-0.39, 0.29) is 24.7 Å². The standard InChI is InChI=1S/C14H13F3N2O2/c15-14(16,17)10-3-1-4-11(7-10)18-9-13(20)19-8-12-5-2-6-21-12/h1-7,18H,8-9H2,(H,19,20). The van der Waals surface area contributed by atoms with Gasteiger partial charge in [-0.1, -0.05) is 6.07 Å². The van der Waals surface area contributed by atoms with E-state index in [1.54, 1.807) is 12.1 Å². The average Bonchev–Trinajstić information content (AvgIpc) is 2.95. The van der Waals surface area contributed by atoms with Crippen molar-refractivity contribution >= 4 is 11.6 Å². The molecule has 2 rings (SSSR count). The third-order valence-corrected chi connectivity index (χ3v) is 2.68. The molecule has 4 nitrogen and oxygen atoms in total. The fraction of sp³-hybridized carbons (Fsp3) is 0.214. The largest absolute Gasteiger partial charge is 0.467 e. The van der Waals surface area contributed by atoms with Crippen molar-refractivity contribution in [1.82, 2.24) is 5.32 Å². The van der Waals surface area contributed by atoms with Crippen molar-refractivity contribution < 1.29 is 22.4 Å². The van der Waals surface area contributed by atoms with Crippen LogP contribution in [0.1, 0.15) is 11.3 Å². The maximum Gasteiger partial charge on any atom is 0.416 e. The number of hydrogen-bond acceptors (Lipinski definition) is 3. The average molecular weight is 298 g/mol. The van der Waals surface area contributed by atoms with Gasteiger partial charge in [0.15, 0.2) is 0 Å². The Morgan fingerprint density at radius 1 is 1.19 bits per heavy atom. The second-order valence-electron chi connectivity index (χ2n) is 4.29. The lowest BCUT2D eigenvalue weighted by Gasteiger charge is -2.10. The summed E-state index contributed by atoms with van der Waals surface area (Å²) in [6, 6.07) is 8.09. The smallest absolute Gasteiger partial charge is 0.416 e. The van der Waals surface area contributed by atoms with Gasteiger partial charge in [-0.3, -0.25) is 4.79 Å². The zero-order valence-corrected chi connectivity index (χ0v) is 10.9. The Labute approximate surface area is 119 Å². The maximum absolute atomic E-state index is 12.5. The molecule has 0 aliphatic heterocycles. The van der Waals surface area contributed by atoms with Crippen LogP contribution < -0.4 is 10.6 Å². The minimum Gasteiger partial charge on any atom is -0.467 e. The molecular formula is C14H13F3N2O2. The molecule has 1 aromatic carbocycles. The number of rotatable bonds is 5. The summed E-state index contributed by atoms with van der Waals surface area (Å²) in [4.78, 5) is 11.6. The van der Waals surface area contributed by atoms with Gasteiger partial charge in [-0.2, -0.15) is 13.2 Å². The Hall–Kier alpha value is -2.44. The SMILES string of the molecule is O=C(CNc1cccc(C(F)(F)F)c1)NCc1ccco1. The first kappa shape index (κ1) is 15.0. The van der Waals surface area contributed by atoms with Crippen LogP contribution >= 0.6 is 0 Å². The van der Waals surface area contributed by atoms with E-state index in [0.717, 1.165) is 12.1 Å². The van der Waals surface area contributed by atoms with Crippen molar-refractivity contribution in [2.45, 2.75) is 12.7 Å². The van der Waals surface area contributed by atoms with Crippen LogP contribution in [0.2, 0.25) is 0 Å². The van der Waals surface area contributed by atoms with Crippen molar-refractivity contribution in [2.75, 3.05) is 11.9 Å². The van der Waals surface area contributed by atoms with Crippen molar-refractivity contribution in [3.8, 4) is 0 Å². The van der Waals surface area contributed by atoms with E-state index in [4.69, 9.17) is 4.42 Å². The van der Waals surface area contributed by atoms with Gasteiger partial charge < -0.3 is 15.1 Å². The molecule has 2 aromatic rings. The van der Waals surface area contributed by atoms with Gasteiger partial charge in [0.25, 0.3) is 0 Å². The second-order valence-corrected chi connectivity index (χ2v) is 4.29. The molecule has 0 unspecified atom stereocenters. The summed E-state index contributed by atoms with van der Waals surface area (Å²) in [5, 5.41) is 5.23. The zero-order chi connectivity index (χ0) is 15.3. The summed E-state index contributed by atoms with van der Waals surface area (Å²) in [5.74, 6) is 0.256. The number of hydrogen-bond donors (Lipinski definition) is 2. The maximum atomic E-state index is 12.5. The molecule has 0 atom stereocenters. The Bertz CT molecular complexity index is 595. The van der Waals surface area contributed by atoms with Crippen LogP contribution in [0, 0.1) is 0 Å². The quantitative estimate of drug-likeness (QED) is 0.892. The number of nitrogens with one attached hydrogen (secondary N) is 2. The predicted octanol–water partition coefficient (Wildman–Crippen LogP) is 3.03. The van der Waals surface area contributed by atoms with Crippen LogP contribution in [-0.2, 0) is 17.5 Å². The third kappa shape index (κ3) is 4.55. The molecule has 0 bridgehead atoms. The molecule has 0 aliphatic carbocycles. The molecule has 112 valence electrons. The number of anilines is 1. The van der Waals surface area contributed by atoms with E-state index in [0.29, 0.717) is 5.76 Å². The van der Waals surface area contributed by atoms with Gasteiger partial charge in [0.2, 0.25) is 5.91 Å². The lowest BCUT2D eigenvalue weighted by molar-refractivity contribution is -0.137. The second kappa shape index (κ2) is 6.34. The van der Waals surface area contributed by atoms with Crippen LogP contribution in [0.5, 0.6) is 0 Å². The molecule has 0 radical (unpaired) electrons. The van der Waals surface area contributed by atoms with E-state index in [1.165, 1.54) is 18.4 Å². The Morgan fingerprint density at radius 2 is 2.00 bits per heavy atom. The molecule has 1 heterocycles. The van der Waals surface area contributed by atoms with Gasteiger partial charge >= 0.3 is 6.18 Å². The number of benzene rings is 1. The Morgan fingerprint density at radius 3 is 2.67 bits per heavy atom. The number of carbonyl (C=O) groups is 1. The van der Waals surface area contributed by atoms with E-state index >= 15 is 0 Å². The Kier molecular flexibility index (Phi) is 4.52. The summed E-state index contributed by atoms with van der Waals surface area (Å²) in [6.07, 6.45) is -2.92. The molecule has 0 saturated carbocycles. The van der Waals surface area contributed by atoms with Crippen molar-refractivity contribution in [1.29, 1.82) is 0 Å². The number of alkyl halides is 3. The van der Waals surface area contributed by atoms with Gasteiger partial charge in [0.05, 0.1) is 24.9 Å². The molecule has 1 aromatic heterocycles. The molecule has 7 heteroatoms. The minimum atomic E-state index is -4.40. The highest BCUT2D eigenvalue weighted by Crippen LogP contribution is 2.30. The fourth-order valence-electron chi connectivity index (χ4n) is 1.65. The van der Waals surface area contributed by atoms with Gasteiger partial charge in [0.1, 0.15) is 5.76 Å². The first-order valence-electron chi connectivity index (χ1n) is 6.15. The van der Waals surface area contributed by atoms with Gasteiger partial charge in [0, 0.05) is 5.69 Å². The van der Waals surface area contributed by atoms with Crippen molar-refractivity contribution in [3.05, 3.63) is 54.0 Å². The van der Waals surface area contributed by atoms with Crippen LogP contribution in [0.25, 0.3) is 0 Å². The van der Waals surface area contributed by atoms with Crippen LogP contribution in [0.15, 0.2) is 47.1 Å². The normalized spacial score (nSPS) is 11.2. The van der Waals surface area contributed by atoms with Crippen LogP contribution in [0.3, 0.4) is 0 Å². The number of halogens is 3. The summed E-state index contributed by atoms with van der Waals surface area (Å²) in [7, 11) is 0. The molecule has 0 spiro atoms. The van der Waals surface area contributed by atoms with Gasteiger partial charge in [-0.05, 0) is 30.3 Å². The molecule has 0 fully saturated rings. The van der Waals surface area contributed by atoms with E-state index in [2.05, 4.69) is 10.6 Å². The lowest BCUT2D eigenvalue weighted by atomic mass is 10.2. The topological polar surface area (TPSA) is 54.3 Å². The summed E-state index contributed by atoms with van der Waals surface area (Å²) in [5.41, 5.74) is -0.526. The number of furan rings is 1. The van der Waals surface area contributed by atoms with Crippen molar-refractivity contribution in [3.63, 3.8) is 0 Å². The van der Waals surface area contributed by atoms with E-state index in [9.17, 15) is 18.0 Å². The fourth-order valence-corrected chi connectivity index (χ4v) is 1.65. The predicted molar refractivity (Wildman–Crippen MR) is 70.5 cm³/mol. The van der Waals surface area contributed by atoms with Gasteiger partial charge in [-0.15, -0.1) is 0 Å². The van der Waals surface area contributed by atoms with E-state index < -0.39 is 11.7 Å². The van der Waals surface area contributed by atoms with E-state index in [1.807, 2.05) is 0 Å². The highest BCUT2D eigenvalue weighted by atomic mass is 19.4. The number of carbonyl (C=O) groups excluding carboxylic acids is 1. The van der Waals surface area contributed by atoms with Gasteiger partial charge in [-0.25, -0.2) is 0 Å². The molecule has 21 heavy (non-hydrogen) atoms. The molecular weight excluding hydrogens is 285 g/mol. The summed E-state index contributed by atoms with van der Waals surface area (Å²) in [6.45, 7) is 0.109. The zero-order valence-electron chi connectivity index (χ0n) is 10.9. The van der Waals surface area contributed by atoms with Crippen LogP contribution in [0.4, 0.5) is 18.9 Å². The Balaban J connectivity index is 1.83. The summed E-state index contributed by atoms with van der Waals surface area (Å²) >= 11 is 0. The molecule has 0 saturated heterocycles. The molecule has 1 amide bonds. The third-order valence-electron chi connectivity index (χ3n) is 2.68. The molecule has 2 N–H and O–H groups in total. The summed E-state index contributed by atoms with van der Waals surface area (Å²) < 4.78 is 42.6. The monoisotopic (exact) mass is 298 g/mol. The van der Waals surface area contributed by atoms with Crippen LogP contribution in [-0.4, -0.2) is 12.5 Å². The highest BCUT2D eigenvalue weighted by molar-refractivity contribution is 5.80. The first-order chi connectivity index (χ1) is 9.95. The molecule has 0 aliphatic rings.